The number of halogens is 1. The highest BCUT2D eigenvalue weighted by molar-refractivity contribution is 6.07. The van der Waals surface area contributed by atoms with E-state index in [1.54, 1.807) is 32.5 Å². The maximum atomic E-state index is 14.1. The molecule has 31 heavy (non-hydrogen) atoms. The number of rotatable bonds is 6. The second-order valence-electron chi connectivity index (χ2n) is 7.59. The van der Waals surface area contributed by atoms with Gasteiger partial charge in [-0.15, -0.1) is 0 Å². The number of methoxy groups -OCH3 is 2. The van der Waals surface area contributed by atoms with Crippen molar-refractivity contribution in [3.63, 3.8) is 0 Å². The van der Waals surface area contributed by atoms with E-state index in [0.29, 0.717) is 40.2 Å². The zero-order chi connectivity index (χ0) is 21.8. The number of ether oxygens (including phenoxy) is 2. The molecule has 0 spiro atoms. The predicted molar refractivity (Wildman–Crippen MR) is 118 cm³/mol. The molecule has 0 saturated carbocycles. The van der Waals surface area contributed by atoms with E-state index in [0.717, 1.165) is 37.9 Å². The van der Waals surface area contributed by atoms with Gasteiger partial charge in [-0.05, 0) is 49.6 Å². The fourth-order valence-electron chi connectivity index (χ4n) is 3.97. The molecule has 0 unspecified atom stereocenters. The van der Waals surface area contributed by atoms with Gasteiger partial charge in [0, 0.05) is 42.8 Å². The standard InChI is InChI=1S/C24H26FN3O3/c1-30-18-8-6-16(22(13-18)31-2)14-27-23-19-12-17(25)7-9-21(19)26-15-20(23)24(29)28-10-4-3-5-11-28/h6-9,12-13,15H,3-5,10-11,14H2,1-2H3,(H,26,27). The van der Waals surface area contributed by atoms with Gasteiger partial charge in [-0.25, -0.2) is 4.39 Å². The number of carbonyl (C=O) groups excluding carboxylic acids is 1. The Balaban J connectivity index is 1.72. The first-order valence-corrected chi connectivity index (χ1v) is 10.4. The van der Waals surface area contributed by atoms with E-state index in [1.807, 2.05) is 17.0 Å². The van der Waals surface area contributed by atoms with Crippen LogP contribution in [0, 0.1) is 5.82 Å². The number of nitrogens with zero attached hydrogens (tertiary/aromatic N) is 2. The topological polar surface area (TPSA) is 63.7 Å². The number of anilines is 1. The van der Waals surface area contributed by atoms with Crippen molar-refractivity contribution >= 4 is 22.5 Å². The molecule has 162 valence electrons. The van der Waals surface area contributed by atoms with Crippen molar-refractivity contribution in [3.05, 3.63) is 59.5 Å². The molecule has 0 radical (unpaired) electrons. The average Bonchev–Trinajstić information content (AvgIpc) is 2.82. The Morgan fingerprint density at radius 1 is 1.10 bits per heavy atom. The number of hydrogen-bond acceptors (Lipinski definition) is 5. The maximum absolute atomic E-state index is 14.1. The second-order valence-corrected chi connectivity index (χ2v) is 7.59. The highest BCUT2D eigenvalue weighted by Gasteiger charge is 2.23. The third-order valence-corrected chi connectivity index (χ3v) is 5.65. The van der Waals surface area contributed by atoms with Crippen molar-refractivity contribution in [2.45, 2.75) is 25.8 Å². The van der Waals surface area contributed by atoms with Gasteiger partial charge in [-0.1, -0.05) is 0 Å². The summed E-state index contributed by atoms with van der Waals surface area (Å²) in [6, 6.07) is 9.98. The Morgan fingerprint density at radius 2 is 1.90 bits per heavy atom. The van der Waals surface area contributed by atoms with Gasteiger partial charge < -0.3 is 19.7 Å². The van der Waals surface area contributed by atoms with Gasteiger partial charge in [0.15, 0.2) is 0 Å². The van der Waals surface area contributed by atoms with Gasteiger partial charge in [-0.3, -0.25) is 9.78 Å². The fourth-order valence-corrected chi connectivity index (χ4v) is 3.97. The Kier molecular flexibility index (Phi) is 6.21. The van der Waals surface area contributed by atoms with Crippen molar-refractivity contribution in [2.75, 3.05) is 32.6 Å². The summed E-state index contributed by atoms with van der Waals surface area (Å²) in [5, 5.41) is 3.94. The van der Waals surface area contributed by atoms with Gasteiger partial charge in [0.2, 0.25) is 0 Å². The zero-order valence-electron chi connectivity index (χ0n) is 17.8. The minimum Gasteiger partial charge on any atom is -0.497 e. The number of pyridine rings is 1. The number of nitrogens with one attached hydrogen (secondary N) is 1. The molecule has 1 aromatic heterocycles. The molecule has 3 aromatic rings. The first-order chi connectivity index (χ1) is 15.1. The summed E-state index contributed by atoms with van der Waals surface area (Å²) in [6.45, 7) is 1.85. The largest absolute Gasteiger partial charge is 0.497 e. The summed E-state index contributed by atoms with van der Waals surface area (Å²) in [5.41, 5.74) is 2.55. The molecule has 1 N–H and O–H groups in total. The van der Waals surface area contributed by atoms with Crippen LogP contribution in [0.5, 0.6) is 11.5 Å². The molecule has 1 saturated heterocycles. The Labute approximate surface area is 181 Å². The maximum Gasteiger partial charge on any atom is 0.257 e. The van der Waals surface area contributed by atoms with E-state index in [1.165, 1.54) is 12.1 Å². The number of amides is 1. The predicted octanol–water partition coefficient (Wildman–Crippen LogP) is 4.63. The lowest BCUT2D eigenvalue weighted by atomic mass is 10.1. The van der Waals surface area contributed by atoms with Crippen LogP contribution in [-0.2, 0) is 6.54 Å². The number of benzene rings is 2. The second kappa shape index (κ2) is 9.20. The normalized spacial score (nSPS) is 13.8. The highest BCUT2D eigenvalue weighted by atomic mass is 19.1. The zero-order valence-corrected chi connectivity index (χ0v) is 17.8. The van der Waals surface area contributed by atoms with Gasteiger partial charge in [0.25, 0.3) is 5.91 Å². The monoisotopic (exact) mass is 423 g/mol. The summed E-state index contributed by atoms with van der Waals surface area (Å²) in [4.78, 5) is 19.5. The van der Waals surface area contributed by atoms with Crippen molar-refractivity contribution < 1.29 is 18.7 Å². The molecular formula is C24H26FN3O3. The van der Waals surface area contributed by atoms with E-state index in [2.05, 4.69) is 10.3 Å². The van der Waals surface area contributed by atoms with E-state index in [-0.39, 0.29) is 11.7 Å². The highest BCUT2D eigenvalue weighted by Crippen LogP contribution is 2.31. The number of fused-ring (bicyclic) bond motifs is 1. The number of carbonyl (C=O) groups is 1. The van der Waals surface area contributed by atoms with Crippen molar-refractivity contribution in [1.82, 2.24) is 9.88 Å². The molecule has 0 bridgehead atoms. The van der Waals surface area contributed by atoms with E-state index >= 15 is 0 Å². The fraction of sp³-hybridized carbons (Fsp3) is 0.333. The SMILES string of the molecule is COc1ccc(CNc2c(C(=O)N3CCCCC3)cnc3ccc(F)cc23)c(OC)c1. The van der Waals surface area contributed by atoms with Crippen LogP contribution in [0.25, 0.3) is 10.9 Å². The minimum atomic E-state index is -0.373. The molecule has 1 aliphatic heterocycles. The summed E-state index contributed by atoms with van der Waals surface area (Å²) < 4.78 is 24.8. The molecule has 2 heterocycles. The van der Waals surface area contributed by atoms with E-state index < -0.39 is 0 Å². The van der Waals surface area contributed by atoms with Gasteiger partial charge in [0.1, 0.15) is 17.3 Å². The molecule has 4 rings (SSSR count). The minimum absolute atomic E-state index is 0.0810. The third-order valence-electron chi connectivity index (χ3n) is 5.65. The molecule has 0 aliphatic carbocycles. The Bertz CT molecular complexity index is 1100. The summed E-state index contributed by atoms with van der Waals surface area (Å²) in [7, 11) is 3.20. The number of aromatic nitrogens is 1. The molecule has 1 aliphatic rings. The van der Waals surface area contributed by atoms with Crippen molar-refractivity contribution in [2.24, 2.45) is 0 Å². The molecular weight excluding hydrogens is 397 g/mol. The van der Waals surface area contributed by atoms with Crippen LogP contribution in [0.1, 0.15) is 35.2 Å². The Hall–Kier alpha value is -3.35. The lowest BCUT2D eigenvalue weighted by Gasteiger charge is -2.28. The van der Waals surface area contributed by atoms with Gasteiger partial charge >= 0.3 is 0 Å². The van der Waals surface area contributed by atoms with Gasteiger partial charge in [-0.2, -0.15) is 0 Å². The lowest BCUT2D eigenvalue weighted by molar-refractivity contribution is 0.0725. The lowest BCUT2D eigenvalue weighted by Crippen LogP contribution is -2.36. The molecule has 1 fully saturated rings. The van der Waals surface area contributed by atoms with Crippen LogP contribution < -0.4 is 14.8 Å². The van der Waals surface area contributed by atoms with Crippen LogP contribution in [0.4, 0.5) is 10.1 Å². The van der Waals surface area contributed by atoms with E-state index in [9.17, 15) is 9.18 Å². The van der Waals surface area contributed by atoms with Crippen molar-refractivity contribution in [1.29, 1.82) is 0 Å². The molecule has 2 aromatic carbocycles. The molecule has 6 nitrogen and oxygen atoms in total. The Morgan fingerprint density at radius 3 is 2.65 bits per heavy atom. The molecule has 0 atom stereocenters. The quantitative estimate of drug-likeness (QED) is 0.626. The van der Waals surface area contributed by atoms with Gasteiger partial charge in [0.05, 0.1) is 31.0 Å². The smallest absolute Gasteiger partial charge is 0.257 e. The molecule has 7 heteroatoms. The van der Waals surface area contributed by atoms with Crippen LogP contribution in [0.15, 0.2) is 42.6 Å². The number of piperidine rings is 1. The summed E-state index contributed by atoms with van der Waals surface area (Å²) in [6.07, 6.45) is 4.71. The van der Waals surface area contributed by atoms with Crippen LogP contribution >= 0.6 is 0 Å². The first-order valence-electron chi connectivity index (χ1n) is 10.4. The number of likely N-dealkylation sites (tertiary alicyclic amines) is 1. The number of hydrogen-bond donors (Lipinski definition) is 1. The van der Waals surface area contributed by atoms with Crippen LogP contribution in [-0.4, -0.2) is 43.1 Å². The first kappa shape index (κ1) is 20.9. The summed E-state index contributed by atoms with van der Waals surface area (Å²) >= 11 is 0. The van der Waals surface area contributed by atoms with Crippen molar-refractivity contribution in [3.8, 4) is 11.5 Å². The third kappa shape index (κ3) is 4.40. The van der Waals surface area contributed by atoms with Crippen LogP contribution in [0.2, 0.25) is 0 Å². The average molecular weight is 423 g/mol. The summed E-state index contributed by atoms with van der Waals surface area (Å²) in [5.74, 6) is 0.905. The van der Waals surface area contributed by atoms with E-state index in [4.69, 9.17) is 9.47 Å². The molecule has 1 amide bonds. The van der Waals surface area contributed by atoms with Crippen LogP contribution in [0.3, 0.4) is 0 Å².